The second-order valence-corrected chi connectivity index (χ2v) is 9.56. The van der Waals surface area contributed by atoms with Crippen molar-refractivity contribution >= 4 is 11.5 Å². The summed E-state index contributed by atoms with van der Waals surface area (Å²) >= 11 is 0. The minimum atomic E-state index is -0.383. The third kappa shape index (κ3) is 3.16. The Morgan fingerprint density at radius 3 is 2.37 bits per heavy atom. The van der Waals surface area contributed by atoms with Crippen molar-refractivity contribution in [3.05, 3.63) is 113 Å². The molecule has 0 bridgehead atoms. The van der Waals surface area contributed by atoms with Crippen molar-refractivity contribution in [2.75, 3.05) is 0 Å². The number of rotatable bonds is 2. The minimum absolute atomic E-state index is 0.150. The van der Waals surface area contributed by atoms with Crippen LogP contribution in [0.4, 0.5) is 0 Å². The molecular weight excluding hydrogens is 432 g/mol. The lowest BCUT2D eigenvalue weighted by molar-refractivity contribution is -0.111. The fourth-order valence-corrected chi connectivity index (χ4v) is 6.33. The molecular formula is C30H24N4O. The highest BCUT2D eigenvalue weighted by atomic mass is 16.1. The van der Waals surface area contributed by atoms with Crippen LogP contribution < -0.4 is 5.32 Å². The Labute approximate surface area is 205 Å². The van der Waals surface area contributed by atoms with Gasteiger partial charge in [-0.2, -0.15) is 10.5 Å². The molecule has 5 nitrogen and oxygen atoms in total. The molecule has 2 aliphatic carbocycles. The average Bonchev–Trinajstić information content (AvgIpc) is 3.22. The van der Waals surface area contributed by atoms with Crippen LogP contribution >= 0.6 is 0 Å². The number of allylic oxidation sites excluding steroid dienone is 5. The number of hydrogen-bond donors (Lipinski definition) is 1. The van der Waals surface area contributed by atoms with Gasteiger partial charge in [0.25, 0.3) is 0 Å². The third-order valence-corrected chi connectivity index (χ3v) is 7.78. The number of hydrogen-bond acceptors (Lipinski definition) is 5. The standard InChI is InChI=1S/C30H24N4O/c31-18-22(19-32)24-15-26-28(17-29(24)35)34-27(21-11-5-2-6-12-21)16-23(20-9-3-1-4-10-20)25-13-7-8-14-30(25,34)33-26/h1-6,9-12,15-17,23,25,33H,7-8,13-14H2/t23-,25-,30-/m1/s1. The number of carbonyl (C=O) groups is 1. The van der Waals surface area contributed by atoms with Gasteiger partial charge in [-0.25, -0.2) is 0 Å². The molecule has 35 heavy (non-hydrogen) atoms. The van der Waals surface area contributed by atoms with Gasteiger partial charge in [0, 0.05) is 23.6 Å². The minimum Gasteiger partial charge on any atom is -0.360 e. The molecule has 3 atom stereocenters. The molecule has 2 aromatic rings. The Bertz CT molecular complexity index is 1400. The lowest BCUT2D eigenvalue weighted by Gasteiger charge is -2.54. The molecule has 1 N–H and O–H groups in total. The van der Waals surface area contributed by atoms with Gasteiger partial charge >= 0.3 is 0 Å². The Kier molecular flexibility index (Phi) is 4.94. The summed E-state index contributed by atoms with van der Waals surface area (Å²) in [7, 11) is 0. The first-order valence-corrected chi connectivity index (χ1v) is 12.1. The maximum Gasteiger partial charge on any atom is 0.190 e. The van der Waals surface area contributed by atoms with E-state index in [4.69, 9.17) is 0 Å². The van der Waals surface area contributed by atoms with E-state index < -0.39 is 0 Å². The van der Waals surface area contributed by atoms with E-state index in [0.29, 0.717) is 5.92 Å². The lowest BCUT2D eigenvalue weighted by Crippen LogP contribution is -2.60. The van der Waals surface area contributed by atoms with Crippen LogP contribution in [0.25, 0.3) is 5.70 Å². The van der Waals surface area contributed by atoms with E-state index in [1.165, 1.54) is 5.56 Å². The number of benzene rings is 2. The van der Waals surface area contributed by atoms with E-state index >= 15 is 0 Å². The monoisotopic (exact) mass is 456 g/mol. The fraction of sp³-hybridized carbons (Fsp3) is 0.233. The van der Waals surface area contributed by atoms with Crippen molar-refractivity contribution < 1.29 is 4.79 Å². The molecule has 1 saturated heterocycles. The number of ketones is 1. The van der Waals surface area contributed by atoms with Gasteiger partial charge in [-0.15, -0.1) is 0 Å². The maximum absolute atomic E-state index is 13.1. The second kappa shape index (κ2) is 8.15. The number of carbonyl (C=O) groups excluding carboxylic acids is 1. The zero-order valence-corrected chi connectivity index (χ0v) is 19.2. The molecule has 2 aromatic carbocycles. The average molecular weight is 457 g/mol. The van der Waals surface area contributed by atoms with Crippen molar-refractivity contribution in [1.29, 1.82) is 10.5 Å². The third-order valence-electron chi connectivity index (χ3n) is 7.78. The van der Waals surface area contributed by atoms with Gasteiger partial charge in [0.05, 0.1) is 17.0 Å². The topological polar surface area (TPSA) is 79.9 Å². The largest absolute Gasteiger partial charge is 0.360 e. The molecule has 1 spiro atoms. The van der Waals surface area contributed by atoms with Crippen LogP contribution in [-0.2, 0) is 4.79 Å². The van der Waals surface area contributed by atoms with E-state index in [0.717, 1.165) is 48.3 Å². The Balaban J connectivity index is 1.59. The highest BCUT2D eigenvalue weighted by Gasteiger charge is 2.57. The van der Waals surface area contributed by atoms with Crippen LogP contribution in [0, 0.1) is 28.6 Å². The molecule has 1 saturated carbocycles. The Morgan fingerprint density at radius 2 is 1.66 bits per heavy atom. The summed E-state index contributed by atoms with van der Waals surface area (Å²) in [6.45, 7) is 0. The SMILES string of the molecule is N#CC(C#N)=C1C=C2N[C@@]34CCCC[C@@H]3[C@@H](c3ccccc3)C=C(c3ccccc3)N4C2=CC1=O. The first-order valence-electron chi connectivity index (χ1n) is 12.1. The van der Waals surface area contributed by atoms with Crippen molar-refractivity contribution in [3.63, 3.8) is 0 Å². The quantitative estimate of drug-likeness (QED) is 0.489. The smallest absolute Gasteiger partial charge is 0.190 e. The molecule has 0 aromatic heterocycles. The van der Waals surface area contributed by atoms with Crippen molar-refractivity contribution in [2.24, 2.45) is 5.92 Å². The van der Waals surface area contributed by atoms with Crippen LogP contribution in [0.15, 0.2) is 101 Å². The molecule has 170 valence electrons. The maximum atomic E-state index is 13.1. The summed E-state index contributed by atoms with van der Waals surface area (Å²) < 4.78 is 0. The summed E-state index contributed by atoms with van der Waals surface area (Å²) in [5.41, 5.74) is 4.74. The number of nitrogens with one attached hydrogen (secondary N) is 1. The predicted octanol–water partition coefficient (Wildman–Crippen LogP) is 5.31. The van der Waals surface area contributed by atoms with Crippen molar-refractivity contribution in [3.8, 4) is 12.1 Å². The highest BCUT2D eigenvalue weighted by Crippen LogP contribution is 2.57. The summed E-state index contributed by atoms with van der Waals surface area (Å²) in [5.74, 6) is 0.217. The van der Waals surface area contributed by atoms with Crippen LogP contribution in [0.5, 0.6) is 0 Å². The fourth-order valence-electron chi connectivity index (χ4n) is 6.33. The zero-order chi connectivity index (χ0) is 24.0. The van der Waals surface area contributed by atoms with Gasteiger partial charge in [-0.05, 0) is 36.5 Å². The second-order valence-electron chi connectivity index (χ2n) is 9.56. The molecule has 4 aliphatic rings. The number of fused-ring (bicyclic) bond motifs is 2. The molecule has 2 fully saturated rings. The summed E-state index contributed by atoms with van der Waals surface area (Å²) in [6.07, 6.45) is 9.94. The molecule has 0 radical (unpaired) electrons. The molecule has 6 rings (SSSR count). The van der Waals surface area contributed by atoms with Crippen molar-refractivity contribution in [2.45, 2.75) is 37.3 Å². The summed E-state index contributed by atoms with van der Waals surface area (Å²) in [6, 6.07) is 24.8. The van der Waals surface area contributed by atoms with Gasteiger partial charge in [-0.1, -0.05) is 73.2 Å². The molecule has 0 unspecified atom stereocenters. The summed E-state index contributed by atoms with van der Waals surface area (Å²) in [4.78, 5) is 15.4. The highest BCUT2D eigenvalue weighted by molar-refractivity contribution is 6.10. The zero-order valence-electron chi connectivity index (χ0n) is 19.2. The molecule has 2 aliphatic heterocycles. The summed E-state index contributed by atoms with van der Waals surface area (Å²) in [5, 5.41) is 22.7. The predicted molar refractivity (Wildman–Crippen MR) is 133 cm³/mol. The van der Waals surface area contributed by atoms with E-state index in [9.17, 15) is 15.3 Å². The molecule has 0 amide bonds. The van der Waals surface area contributed by atoms with Gasteiger partial charge in [0.2, 0.25) is 0 Å². The van der Waals surface area contributed by atoms with Crippen molar-refractivity contribution in [1.82, 2.24) is 10.2 Å². The lowest BCUT2D eigenvalue weighted by atomic mass is 9.66. The first-order chi connectivity index (χ1) is 17.2. The van der Waals surface area contributed by atoms with E-state index in [1.54, 1.807) is 12.2 Å². The van der Waals surface area contributed by atoms with Gasteiger partial charge in [-0.3, -0.25) is 4.79 Å². The number of nitrogens with zero attached hydrogens (tertiary/aromatic N) is 3. The van der Waals surface area contributed by atoms with Crippen LogP contribution in [-0.4, -0.2) is 16.3 Å². The van der Waals surface area contributed by atoms with Crippen LogP contribution in [0.2, 0.25) is 0 Å². The van der Waals surface area contributed by atoms with Crippen LogP contribution in [0.1, 0.15) is 42.7 Å². The Morgan fingerprint density at radius 1 is 0.943 bits per heavy atom. The van der Waals surface area contributed by atoms with Gasteiger partial charge in [0.15, 0.2) is 5.78 Å². The van der Waals surface area contributed by atoms with E-state index in [1.807, 2.05) is 30.3 Å². The van der Waals surface area contributed by atoms with Gasteiger partial charge < -0.3 is 10.2 Å². The normalized spacial score (nSPS) is 26.6. The van der Waals surface area contributed by atoms with Gasteiger partial charge in [0.1, 0.15) is 23.4 Å². The number of nitriles is 2. The van der Waals surface area contributed by atoms with Crippen LogP contribution in [0.3, 0.4) is 0 Å². The molecule has 2 heterocycles. The molecule has 5 heteroatoms. The van der Waals surface area contributed by atoms with E-state index in [2.05, 4.69) is 58.8 Å². The first kappa shape index (κ1) is 21.2. The Hall–Kier alpha value is -4.35. The van der Waals surface area contributed by atoms with E-state index in [-0.39, 0.29) is 28.5 Å².